The molecule has 0 atom stereocenters. The molecule has 294 valence electrons. The molecular weight excluding hydrogens is 839 g/mol. The van der Waals surface area contributed by atoms with Crippen molar-refractivity contribution in [1.29, 1.82) is 0 Å². The fraction of sp³-hybridized carbons (Fsp3) is 0.222. The molecule has 9 rings (SSSR count). The summed E-state index contributed by atoms with van der Waals surface area (Å²) in [6.45, 7) is 18.0. The number of hydrogen-bond donors (Lipinski definition) is 0. The second-order valence-electron chi connectivity index (χ2n) is 15.6. The van der Waals surface area contributed by atoms with Gasteiger partial charge >= 0.3 is 37.9 Å². The van der Waals surface area contributed by atoms with Crippen molar-refractivity contribution in [3.05, 3.63) is 179 Å². The van der Waals surface area contributed by atoms with Crippen LogP contribution in [0, 0.1) is 19.9 Å². The number of halogens is 2. The van der Waals surface area contributed by atoms with Crippen LogP contribution >= 0.6 is 17.0 Å². The van der Waals surface area contributed by atoms with Gasteiger partial charge in [0.05, 0.1) is 9.52 Å². The summed E-state index contributed by atoms with van der Waals surface area (Å²) in [6, 6.07) is 54.3. The number of rotatable bonds is 6. The van der Waals surface area contributed by atoms with Crippen LogP contribution in [0.4, 0.5) is 0 Å². The molecule has 1 heterocycles. The SMILES string of the molecule is CCc1cc2c(-c3ccccc3C(C)C)c(C)ccc2[cH-]1.CCc1cc2c(-c3ccccc3C(C)C)c(C)ccc2[cH-]1.[Cl][Zr][Cl].[c-]1cccc2c1[Si]c1ccccc1-2. The quantitative estimate of drug-likeness (QED) is 0.115. The van der Waals surface area contributed by atoms with Gasteiger partial charge < -0.3 is 0 Å². The van der Waals surface area contributed by atoms with Crippen molar-refractivity contribution in [2.75, 3.05) is 0 Å². The standard InChI is InChI=1S/2C21H23.C12H7Si.2ClH.Zr/c2*1-5-16-12-17-11-10-15(4)21(20(17)13-16)19-9-7-6-8-18(19)14(2)3;1-3-7-11-9(5-1)10-6-2-4-8-12(10)13-11;;;/h2*6-14H,5H2,1-4H3;1-7H;2*1H;/q3*-1;;;+2/p-2. The number of benzene rings is 6. The second kappa shape index (κ2) is 20.5. The summed E-state index contributed by atoms with van der Waals surface area (Å²) >= 11 is -0.826. The Balaban J connectivity index is 0.000000145. The largest absolute Gasteiger partial charge is 0.184 e. The number of fused-ring (bicyclic) bond motifs is 5. The van der Waals surface area contributed by atoms with Gasteiger partial charge in [-0.2, -0.15) is 41.6 Å². The minimum atomic E-state index is -0.826. The Morgan fingerprint density at radius 2 is 1.00 bits per heavy atom. The first-order valence-electron chi connectivity index (χ1n) is 20.5. The molecule has 1 aliphatic rings. The third kappa shape index (κ3) is 9.80. The van der Waals surface area contributed by atoms with Crippen molar-refractivity contribution >= 4 is 58.5 Å². The van der Waals surface area contributed by atoms with E-state index in [0.717, 1.165) is 22.4 Å². The van der Waals surface area contributed by atoms with Gasteiger partial charge in [-0.15, -0.1) is 74.6 Å². The molecule has 0 aromatic heterocycles. The fourth-order valence-corrected chi connectivity index (χ4v) is 9.52. The van der Waals surface area contributed by atoms with E-state index in [2.05, 4.69) is 195 Å². The third-order valence-corrected chi connectivity index (χ3v) is 12.5. The maximum absolute atomic E-state index is 4.93. The topological polar surface area (TPSA) is 0 Å². The molecule has 1 aliphatic heterocycles. The zero-order chi connectivity index (χ0) is 41.3. The summed E-state index contributed by atoms with van der Waals surface area (Å²) in [5.74, 6) is 1.08. The summed E-state index contributed by atoms with van der Waals surface area (Å²) in [6.07, 6.45) is 2.19. The van der Waals surface area contributed by atoms with Crippen LogP contribution in [0.3, 0.4) is 0 Å². The maximum atomic E-state index is 4.93. The van der Waals surface area contributed by atoms with Crippen LogP contribution in [0.2, 0.25) is 0 Å². The van der Waals surface area contributed by atoms with Crippen LogP contribution in [0.5, 0.6) is 0 Å². The molecule has 0 fully saturated rings. The van der Waals surface area contributed by atoms with Gasteiger partial charge in [0.25, 0.3) is 0 Å². The minimum absolute atomic E-state index is 0.538. The smallest absolute Gasteiger partial charge is 0.0920 e. The molecule has 0 N–H and O–H groups in total. The Kier molecular flexibility index (Phi) is 15.4. The van der Waals surface area contributed by atoms with Gasteiger partial charge in [0.1, 0.15) is 0 Å². The Morgan fingerprint density at radius 1 is 0.569 bits per heavy atom. The predicted molar refractivity (Wildman–Crippen MR) is 254 cm³/mol. The minimum Gasteiger partial charge on any atom is -0.184 e. The Labute approximate surface area is 368 Å². The van der Waals surface area contributed by atoms with Crippen molar-refractivity contribution in [1.82, 2.24) is 0 Å². The molecular formula is C54H53Cl2SiZr-3. The summed E-state index contributed by atoms with van der Waals surface area (Å²) in [7, 11) is 10.7. The molecule has 8 aromatic rings. The first kappa shape index (κ1) is 43.8. The van der Waals surface area contributed by atoms with Crippen molar-refractivity contribution in [3.63, 3.8) is 0 Å². The Bertz CT molecular complexity index is 2430. The van der Waals surface area contributed by atoms with E-state index in [0.29, 0.717) is 11.8 Å². The molecule has 58 heavy (non-hydrogen) atoms. The summed E-state index contributed by atoms with van der Waals surface area (Å²) in [4.78, 5) is 0. The van der Waals surface area contributed by atoms with Gasteiger partial charge in [0.15, 0.2) is 0 Å². The maximum Gasteiger partial charge on any atom is 0.0920 e. The van der Waals surface area contributed by atoms with E-state index in [-0.39, 0.29) is 0 Å². The van der Waals surface area contributed by atoms with Gasteiger partial charge in [-0.1, -0.05) is 147 Å². The van der Waals surface area contributed by atoms with Crippen molar-refractivity contribution in [2.45, 2.75) is 80.1 Å². The van der Waals surface area contributed by atoms with Crippen LogP contribution in [0.1, 0.15) is 86.8 Å². The van der Waals surface area contributed by atoms with E-state index in [1.54, 1.807) is 0 Å². The van der Waals surface area contributed by atoms with Crippen LogP contribution in [-0.2, 0) is 33.7 Å². The van der Waals surface area contributed by atoms with Crippen LogP contribution in [0.25, 0.3) is 54.9 Å². The second-order valence-corrected chi connectivity index (χ2v) is 20.7. The zero-order valence-corrected chi connectivity index (χ0v) is 40.1. The van der Waals surface area contributed by atoms with Crippen molar-refractivity contribution < 1.29 is 20.8 Å². The fourth-order valence-electron chi connectivity index (χ4n) is 8.21. The van der Waals surface area contributed by atoms with E-state index in [1.807, 2.05) is 6.07 Å². The van der Waals surface area contributed by atoms with Crippen LogP contribution in [0.15, 0.2) is 140 Å². The first-order chi connectivity index (χ1) is 28.1. The summed E-state index contributed by atoms with van der Waals surface area (Å²) in [5.41, 5.74) is 16.8. The van der Waals surface area contributed by atoms with E-state index in [9.17, 15) is 0 Å². The summed E-state index contributed by atoms with van der Waals surface area (Å²) in [5, 5.41) is 8.36. The van der Waals surface area contributed by atoms with Gasteiger partial charge in [0, 0.05) is 0 Å². The molecule has 0 saturated heterocycles. The molecule has 0 bridgehead atoms. The average molecular weight is 892 g/mol. The number of hydrogen-bond acceptors (Lipinski definition) is 0. The van der Waals surface area contributed by atoms with Gasteiger partial charge in [-0.3, -0.25) is 0 Å². The van der Waals surface area contributed by atoms with Crippen molar-refractivity contribution in [3.8, 4) is 33.4 Å². The van der Waals surface area contributed by atoms with Crippen molar-refractivity contribution in [2.24, 2.45) is 0 Å². The van der Waals surface area contributed by atoms with E-state index >= 15 is 0 Å². The molecule has 0 unspecified atom stereocenters. The average Bonchev–Trinajstić information content (AvgIpc) is 3.97. The van der Waals surface area contributed by atoms with Crippen LogP contribution in [-0.4, -0.2) is 9.52 Å². The molecule has 4 heteroatoms. The first-order valence-corrected chi connectivity index (χ1v) is 27.8. The summed E-state index contributed by atoms with van der Waals surface area (Å²) < 4.78 is 0. The van der Waals surface area contributed by atoms with E-state index < -0.39 is 20.8 Å². The van der Waals surface area contributed by atoms with Gasteiger partial charge in [0.2, 0.25) is 0 Å². The molecule has 0 aliphatic carbocycles. The third-order valence-electron chi connectivity index (χ3n) is 11.2. The molecule has 0 spiro atoms. The van der Waals surface area contributed by atoms with Gasteiger partial charge in [-0.25, -0.2) is 0 Å². The molecule has 2 radical (unpaired) electrons. The molecule has 0 nitrogen and oxygen atoms in total. The van der Waals surface area contributed by atoms with Gasteiger partial charge in [-0.05, 0) is 60.8 Å². The Morgan fingerprint density at radius 3 is 1.47 bits per heavy atom. The number of aryl methyl sites for hydroxylation is 4. The zero-order valence-electron chi connectivity index (χ0n) is 35.1. The van der Waals surface area contributed by atoms with Crippen LogP contribution < -0.4 is 10.4 Å². The molecule has 0 saturated carbocycles. The monoisotopic (exact) mass is 889 g/mol. The molecule has 8 aromatic carbocycles. The predicted octanol–water partition coefficient (Wildman–Crippen LogP) is 14.9. The Hall–Kier alpha value is -3.78. The van der Waals surface area contributed by atoms with E-state index in [1.165, 1.54) is 98.7 Å². The normalized spacial score (nSPS) is 11.3. The van der Waals surface area contributed by atoms with E-state index in [4.69, 9.17) is 17.0 Å². The molecule has 0 amide bonds.